The van der Waals surface area contributed by atoms with Crippen molar-refractivity contribution >= 4 is 46.4 Å². The normalized spacial score (nSPS) is 17.0. The van der Waals surface area contributed by atoms with Crippen molar-refractivity contribution in [1.82, 2.24) is 0 Å². The maximum absolute atomic E-state index is 12.5. The van der Waals surface area contributed by atoms with E-state index in [-0.39, 0.29) is 18.2 Å². The summed E-state index contributed by atoms with van der Waals surface area (Å²) in [5, 5.41) is 3.67. The number of aryl methyl sites for hydroxylation is 2. The molecule has 25 heavy (non-hydrogen) atoms. The van der Waals surface area contributed by atoms with Crippen LogP contribution in [0.3, 0.4) is 0 Å². The van der Waals surface area contributed by atoms with Crippen LogP contribution in [-0.4, -0.2) is 18.4 Å². The van der Waals surface area contributed by atoms with Crippen LogP contribution in [0.15, 0.2) is 36.4 Å². The van der Waals surface area contributed by atoms with Gasteiger partial charge in [0.15, 0.2) is 0 Å². The molecule has 3 rings (SSSR count). The topological polar surface area (TPSA) is 49.4 Å². The van der Waals surface area contributed by atoms with Gasteiger partial charge in [0.25, 0.3) is 0 Å². The van der Waals surface area contributed by atoms with E-state index in [0.717, 1.165) is 11.3 Å². The Morgan fingerprint density at radius 3 is 2.60 bits per heavy atom. The van der Waals surface area contributed by atoms with E-state index in [4.69, 9.17) is 23.2 Å². The van der Waals surface area contributed by atoms with E-state index in [0.29, 0.717) is 22.3 Å². The first kappa shape index (κ1) is 17.8. The van der Waals surface area contributed by atoms with Crippen LogP contribution in [0.4, 0.5) is 11.4 Å². The molecular formula is C19H18Cl2N2O2. The van der Waals surface area contributed by atoms with Crippen LogP contribution in [-0.2, 0) is 9.59 Å². The minimum Gasteiger partial charge on any atom is -0.324 e. The summed E-state index contributed by atoms with van der Waals surface area (Å²) in [6.07, 6.45) is 0.178. The molecule has 130 valence electrons. The maximum Gasteiger partial charge on any atom is 0.229 e. The number of nitrogens with zero attached hydrogens (tertiary/aromatic N) is 1. The van der Waals surface area contributed by atoms with Gasteiger partial charge >= 0.3 is 0 Å². The van der Waals surface area contributed by atoms with Crippen LogP contribution in [0, 0.1) is 19.8 Å². The van der Waals surface area contributed by atoms with Gasteiger partial charge in [-0.3, -0.25) is 9.59 Å². The highest BCUT2D eigenvalue weighted by Crippen LogP contribution is 2.29. The predicted octanol–water partition coefficient (Wildman–Crippen LogP) is 4.60. The molecule has 1 atom stereocenters. The Hall–Kier alpha value is -2.04. The van der Waals surface area contributed by atoms with Crippen molar-refractivity contribution in [2.75, 3.05) is 16.8 Å². The number of hydrogen-bond donors (Lipinski definition) is 1. The van der Waals surface area contributed by atoms with Crippen LogP contribution in [0.25, 0.3) is 0 Å². The Kier molecular flexibility index (Phi) is 5.02. The van der Waals surface area contributed by atoms with Gasteiger partial charge in [0.05, 0.1) is 16.6 Å². The van der Waals surface area contributed by atoms with Gasteiger partial charge in [-0.05, 0) is 55.3 Å². The summed E-state index contributed by atoms with van der Waals surface area (Å²) in [5.41, 5.74) is 3.56. The zero-order valence-corrected chi connectivity index (χ0v) is 15.5. The van der Waals surface area contributed by atoms with Gasteiger partial charge < -0.3 is 10.2 Å². The van der Waals surface area contributed by atoms with Crippen LogP contribution in [0.1, 0.15) is 17.5 Å². The van der Waals surface area contributed by atoms with E-state index < -0.39 is 5.92 Å². The molecular weight excluding hydrogens is 359 g/mol. The standard InChI is InChI=1S/C19H18Cl2N2O2/c1-11-3-5-15(7-12(11)2)23-10-13(8-18(23)24)19(25)22-17-9-14(20)4-6-16(17)21/h3-7,9,13H,8,10H2,1-2H3,(H,22,25)/t13-/m0/s1. The van der Waals surface area contributed by atoms with Gasteiger partial charge in [0.2, 0.25) is 11.8 Å². The van der Waals surface area contributed by atoms with Gasteiger partial charge in [-0.2, -0.15) is 0 Å². The summed E-state index contributed by atoms with van der Waals surface area (Å²) in [5.74, 6) is -0.714. The summed E-state index contributed by atoms with van der Waals surface area (Å²) in [7, 11) is 0. The molecule has 0 aliphatic carbocycles. The molecule has 4 nitrogen and oxygen atoms in total. The number of benzene rings is 2. The smallest absolute Gasteiger partial charge is 0.229 e. The first-order valence-corrected chi connectivity index (χ1v) is 8.74. The van der Waals surface area contributed by atoms with Crippen molar-refractivity contribution in [2.45, 2.75) is 20.3 Å². The molecule has 0 radical (unpaired) electrons. The van der Waals surface area contributed by atoms with E-state index in [9.17, 15) is 9.59 Å². The van der Waals surface area contributed by atoms with Crippen molar-refractivity contribution < 1.29 is 9.59 Å². The van der Waals surface area contributed by atoms with Gasteiger partial charge in [-0.1, -0.05) is 29.3 Å². The van der Waals surface area contributed by atoms with E-state index in [1.54, 1.807) is 23.1 Å². The van der Waals surface area contributed by atoms with Crippen LogP contribution in [0.2, 0.25) is 10.0 Å². The number of hydrogen-bond acceptors (Lipinski definition) is 2. The van der Waals surface area contributed by atoms with Crippen molar-refractivity contribution in [2.24, 2.45) is 5.92 Å². The Morgan fingerprint density at radius 1 is 1.12 bits per heavy atom. The number of anilines is 2. The highest BCUT2D eigenvalue weighted by Gasteiger charge is 2.35. The minimum atomic E-state index is -0.427. The maximum atomic E-state index is 12.5. The number of rotatable bonds is 3. The summed E-state index contributed by atoms with van der Waals surface area (Å²) in [6.45, 7) is 4.38. The van der Waals surface area contributed by atoms with Gasteiger partial charge in [-0.15, -0.1) is 0 Å². The lowest BCUT2D eigenvalue weighted by Gasteiger charge is -2.18. The second-order valence-electron chi connectivity index (χ2n) is 6.29. The van der Waals surface area contributed by atoms with E-state index in [1.807, 2.05) is 32.0 Å². The second-order valence-corrected chi connectivity index (χ2v) is 7.13. The molecule has 2 aromatic rings. The molecule has 0 spiro atoms. The third-order valence-electron chi connectivity index (χ3n) is 4.48. The molecule has 6 heteroatoms. The largest absolute Gasteiger partial charge is 0.324 e. The number of carbonyl (C=O) groups is 2. The summed E-state index contributed by atoms with van der Waals surface area (Å²) >= 11 is 12.0. The first-order chi connectivity index (χ1) is 11.8. The molecule has 0 saturated carbocycles. The molecule has 0 aromatic heterocycles. The Morgan fingerprint density at radius 2 is 1.88 bits per heavy atom. The molecule has 1 saturated heterocycles. The molecule has 1 aliphatic heterocycles. The fourth-order valence-electron chi connectivity index (χ4n) is 2.85. The molecule has 1 heterocycles. The lowest BCUT2D eigenvalue weighted by molar-refractivity contribution is -0.122. The van der Waals surface area contributed by atoms with Gasteiger partial charge in [0, 0.05) is 23.7 Å². The second kappa shape index (κ2) is 7.06. The summed E-state index contributed by atoms with van der Waals surface area (Å²) < 4.78 is 0. The van der Waals surface area contributed by atoms with Crippen LogP contribution in [0.5, 0.6) is 0 Å². The zero-order chi connectivity index (χ0) is 18.1. The minimum absolute atomic E-state index is 0.0550. The number of nitrogens with one attached hydrogen (secondary N) is 1. The lowest BCUT2D eigenvalue weighted by atomic mass is 10.1. The third kappa shape index (κ3) is 3.80. The summed E-state index contributed by atoms with van der Waals surface area (Å²) in [6, 6.07) is 10.7. The van der Waals surface area contributed by atoms with Gasteiger partial charge in [-0.25, -0.2) is 0 Å². The average molecular weight is 377 g/mol. The van der Waals surface area contributed by atoms with Crippen molar-refractivity contribution in [1.29, 1.82) is 0 Å². The number of carbonyl (C=O) groups excluding carboxylic acids is 2. The van der Waals surface area contributed by atoms with E-state index in [2.05, 4.69) is 5.32 Å². The highest BCUT2D eigenvalue weighted by atomic mass is 35.5. The zero-order valence-electron chi connectivity index (χ0n) is 14.0. The molecule has 1 aliphatic rings. The average Bonchev–Trinajstić information content (AvgIpc) is 2.95. The van der Waals surface area contributed by atoms with Crippen molar-refractivity contribution in [3.8, 4) is 0 Å². The molecule has 1 fully saturated rings. The Balaban J connectivity index is 1.74. The van der Waals surface area contributed by atoms with E-state index in [1.165, 1.54) is 5.56 Å². The Labute approximate surface area is 156 Å². The fourth-order valence-corrected chi connectivity index (χ4v) is 3.19. The predicted molar refractivity (Wildman–Crippen MR) is 101 cm³/mol. The fraction of sp³-hybridized carbons (Fsp3) is 0.263. The van der Waals surface area contributed by atoms with Crippen molar-refractivity contribution in [3.63, 3.8) is 0 Å². The van der Waals surface area contributed by atoms with Crippen LogP contribution < -0.4 is 10.2 Å². The summed E-state index contributed by atoms with van der Waals surface area (Å²) in [4.78, 5) is 26.6. The third-order valence-corrected chi connectivity index (χ3v) is 5.05. The quantitative estimate of drug-likeness (QED) is 0.850. The molecule has 0 bridgehead atoms. The van der Waals surface area contributed by atoms with Crippen molar-refractivity contribution in [3.05, 3.63) is 57.6 Å². The highest BCUT2D eigenvalue weighted by molar-refractivity contribution is 6.35. The Bertz CT molecular complexity index is 851. The molecule has 2 aromatic carbocycles. The SMILES string of the molecule is Cc1ccc(N2C[C@@H](C(=O)Nc3cc(Cl)ccc3Cl)CC2=O)cc1C. The number of amides is 2. The monoisotopic (exact) mass is 376 g/mol. The first-order valence-electron chi connectivity index (χ1n) is 7.98. The molecule has 1 N–H and O–H groups in total. The number of halogens is 2. The lowest BCUT2D eigenvalue weighted by Crippen LogP contribution is -2.28. The van der Waals surface area contributed by atoms with Gasteiger partial charge in [0.1, 0.15) is 0 Å². The molecule has 2 amide bonds. The van der Waals surface area contributed by atoms with Crippen LogP contribution >= 0.6 is 23.2 Å². The molecule has 0 unspecified atom stereocenters. The van der Waals surface area contributed by atoms with E-state index >= 15 is 0 Å².